The highest BCUT2D eigenvalue weighted by Gasteiger charge is 2.25. The topological polar surface area (TPSA) is 61.4 Å². The molecule has 1 aliphatic rings. The van der Waals surface area contributed by atoms with Gasteiger partial charge in [0.2, 0.25) is 0 Å². The Kier molecular flexibility index (Phi) is 8.06. The minimum absolute atomic E-state index is 0. The standard InChI is InChI=1S/C17H25N3O2.ClH/c1-3-11-20(15-7-9-19-10-8-15)17(22)14-6-4-5-13(12-14)16(21)18-2;/h4-6,12,15,19H,3,7-11H2,1-2H3,(H,18,21);1H. The molecule has 2 N–H and O–H groups in total. The van der Waals surface area contributed by atoms with Gasteiger partial charge in [0.15, 0.2) is 0 Å². The molecule has 23 heavy (non-hydrogen) atoms. The molecule has 0 bridgehead atoms. The molecule has 6 heteroatoms. The van der Waals surface area contributed by atoms with Crippen molar-refractivity contribution in [2.24, 2.45) is 0 Å². The van der Waals surface area contributed by atoms with E-state index in [4.69, 9.17) is 0 Å². The number of carbonyl (C=O) groups excluding carboxylic acids is 2. The summed E-state index contributed by atoms with van der Waals surface area (Å²) in [5.41, 5.74) is 1.11. The Morgan fingerprint density at radius 3 is 2.52 bits per heavy atom. The van der Waals surface area contributed by atoms with E-state index in [0.29, 0.717) is 11.1 Å². The van der Waals surface area contributed by atoms with Gasteiger partial charge in [-0.2, -0.15) is 0 Å². The molecule has 1 aromatic carbocycles. The molecule has 1 fully saturated rings. The van der Waals surface area contributed by atoms with E-state index in [1.807, 2.05) is 4.90 Å². The van der Waals surface area contributed by atoms with Crippen LogP contribution in [0.4, 0.5) is 0 Å². The zero-order valence-electron chi connectivity index (χ0n) is 13.8. The van der Waals surface area contributed by atoms with E-state index >= 15 is 0 Å². The van der Waals surface area contributed by atoms with E-state index < -0.39 is 0 Å². The number of nitrogens with one attached hydrogen (secondary N) is 2. The van der Waals surface area contributed by atoms with Crippen LogP contribution in [-0.4, -0.2) is 49.4 Å². The first kappa shape index (κ1) is 19.5. The quantitative estimate of drug-likeness (QED) is 0.863. The maximum Gasteiger partial charge on any atom is 0.254 e. The van der Waals surface area contributed by atoms with Crippen LogP contribution in [0.2, 0.25) is 0 Å². The first-order valence-corrected chi connectivity index (χ1v) is 8.01. The van der Waals surface area contributed by atoms with Gasteiger partial charge >= 0.3 is 0 Å². The maximum absolute atomic E-state index is 12.9. The van der Waals surface area contributed by atoms with E-state index in [-0.39, 0.29) is 30.3 Å². The Balaban J connectivity index is 0.00000264. The predicted molar refractivity (Wildman–Crippen MR) is 94.3 cm³/mol. The number of halogens is 1. The van der Waals surface area contributed by atoms with Crippen molar-refractivity contribution in [3.63, 3.8) is 0 Å². The average Bonchev–Trinajstić information content (AvgIpc) is 2.59. The zero-order chi connectivity index (χ0) is 15.9. The summed E-state index contributed by atoms with van der Waals surface area (Å²) in [5.74, 6) is -0.141. The third kappa shape index (κ3) is 4.94. The number of carbonyl (C=O) groups is 2. The van der Waals surface area contributed by atoms with Gasteiger partial charge in [-0.1, -0.05) is 13.0 Å². The summed E-state index contributed by atoms with van der Waals surface area (Å²) in [7, 11) is 1.59. The van der Waals surface area contributed by atoms with Gasteiger partial charge in [-0.15, -0.1) is 12.4 Å². The fourth-order valence-electron chi connectivity index (χ4n) is 2.91. The molecule has 1 aliphatic heterocycles. The van der Waals surface area contributed by atoms with Crippen LogP contribution in [0.15, 0.2) is 24.3 Å². The Morgan fingerprint density at radius 2 is 1.91 bits per heavy atom. The van der Waals surface area contributed by atoms with Crippen molar-refractivity contribution in [2.75, 3.05) is 26.7 Å². The number of nitrogens with zero attached hydrogens (tertiary/aromatic N) is 1. The smallest absolute Gasteiger partial charge is 0.254 e. The Hall–Kier alpha value is -1.59. The number of hydrogen-bond donors (Lipinski definition) is 2. The summed E-state index contributed by atoms with van der Waals surface area (Å²) in [5, 5.41) is 5.92. The van der Waals surface area contributed by atoms with Crippen molar-refractivity contribution in [2.45, 2.75) is 32.2 Å². The minimum Gasteiger partial charge on any atom is -0.355 e. The van der Waals surface area contributed by atoms with Crippen LogP contribution in [0.1, 0.15) is 46.9 Å². The summed E-state index contributed by atoms with van der Waals surface area (Å²) < 4.78 is 0. The summed E-state index contributed by atoms with van der Waals surface area (Å²) >= 11 is 0. The van der Waals surface area contributed by atoms with Gasteiger partial charge in [0.05, 0.1) is 0 Å². The molecule has 1 aromatic rings. The molecule has 128 valence electrons. The van der Waals surface area contributed by atoms with Crippen molar-refractivity contribution in [3.05, 3.63) is 35.4 Å². The predicted octanol–water partition coefficient (Wildman–Crippen LogP) is 2.07. The van der Waals surface area contributed by atoms with Crippen LogP contribution < -0.4 is 10.6 Å². The van der Waals surface area contributed by atoms with Crippen molar-refractivity contribution >= 4 is 24.2 Å². The number of piperidine rings is 1. The monoisotopic (exact) mass is 339 g/mol. The van der Waals surface area contributed by atoms with Crippen LogP contribution in [0.5, 0.6) is 0 Å². The van der Waals surface area contributed by atoms with Gasteiger partial charge in [-0.05, 0) is 50.6 Å². The van der Waals surface area contributed by atoms with Crippen molar-refractivity contribution < 1.29 is 9.59 Å². The minimum atomic E-state index is -0.168. The average molecular weight is 340 g/mol. The second kappa shape index (κ2) is 9.53. The molecular weight excluding hydrogens is 314 g/mol. The molecule has 2 rings (SSSR count). The molecule has 1 heterocycles. The Bertz CT molecular complexity index is 530. The van der Waals surface area contributed by atoms with Crippen LogP contribution >= 0.6 is 12.4 Å². The van der Waals surface area contributed by atoms with Gasteiger partial charge in [-0.25, -0.2) is 0 Å². The molecule has 0 aromatic heterocycles. The lowest BCUT2D eigenvalue weighted by Crippen LogP contribution is -2.46. The van der Waals surface area contributed by atoms with E-state index in [0.717, 1.165) is 38.9 Å². The third-order valence-electron chi connectivity index (χ3n) is 4.07. The summed E-state index contributed by atoms with van der Waals surface area (Å²) in [4.78, 5) is 26.6. The zero-order valence-corrected chi connectivity index (χ0v) is 14.6. The highest BCUT2D eigenvalue weighted by atomic mass is 35.5. The molecule has 0 unspecified atom stereocenters. The fraction of sp³-hybridized carbons (Fsp3) is 0.529. The Labute approximate surface area is 144 Å². The maximum atomic E-state index is 12.9. The molecule has 0 atom stereocenters. The number of rotatable bonds is 5. The summed E-state index contributed by atoms with van der Waals surface area (Å²) in [6, 6.07) is 7.26. The van der Waals surface area contributed by atoms with Crippen LogP contribution in [0.3, 0.4) is 0 Å². The molecule has 0 aliphatic carbocycles. The molecule has 2 amide bonds. The first-order chi connectivity index (χ1) is 10.7. The first-order valence-electron chi connectivity index (χ1n) is 8.01. The lowest BCUT2D eigenvalue weighted by molar-refractivity contribution is 0.0642. The van der Waals surface area contributed by atoms with Gasteiger partial charge < -0.3 is 15.5 Å². The highest BCUT2D eigenvalue weighted by Crippen LogP contribution is 2.17. The number of amides is 2. The van der Waals surface area contributed by atoms with E-state index in [9.17, 15) is 9.59 Å². The van der Waals surface area contributed by atoms with Gasteiger partial charge in [0.1, 0.15) is 0 Å². The molecule has 0 saturated carbocycles. The second-order valence-electron chi connectivity index (χ2n) is 5.64. The molecule has 1 saturated heterocycles. The van der Waals surface area contributed by atoms with Gasteiger partial charge in [0.25, 0.3) is 11.8 Å². The molecule has 0 radical (unpaired) electrons. The van der Waals surface area contributed by atoms with Crippen LogP contribution in [0, 0.1) is 0 Å². The van der Waals surface area contributed by atoms with E-state index in [1.165, 1.54) is 0 Å². The Morgan fingerprint density at radius 1 is 1.26 bits per heavy atom. The summed E-state index contributed by atoms with van der Waals surface area (Å²) in [6.07, 6.45) is 2.91. The second-order valence-corrected chi connectivity index (χ2v) is 5.64. The van der Waals surface area contributed by atoms with E-state index in [1.54, 1.807) is 31.3 Å². The lowest BCUT2D eigenvalue weighted by atomic mass is 10.0. The van der Waals surface area contributed by atoms with Crippen molar-refractivity contribution in [1.29, 1.82) is 0 Å². The van der Waals surface area contributed by atoms with Crippen LogP contribution in [-0.2, 0) is 0 Å². The third-order valence-corrected chi connectivity index (χ3v) is 4.07. The number of hydrogen-bond acceptors (Lipinski definition) is 3. The number of benzene rings is 1. The van der Waals surface area contributed by atoms with Crippen molar-refractivity contribution in [3.8, 4) is 0 Å². The lowest BCUT2D eigenvalue weighted by Gasteiger charge is -2.34. The summed E-state index contributed by atoms with van der Waals surface area (Å²) in [6.45, 7) is 4.75. The van der Waals surface area contributed by atoms with Crippen molar-refractivity contribution in [1.82, 2.24) is 15.5 Å². The van der Waals surface area contributed by atoms with Gasteiger partial charge in [-0.3, -0.25) is 9.59 Å². The fourth-order valence-corrected chi connectivity index (χ4v) is 2.91. The van der Waals surface area contributed by atoms with Crippen LogP contribution in [0.25, 0.3) is 0 Å². The highest BCUT2D eigenvalue weighted by molar-refractivity contribution is 5.99. The molecular formula is C17H26ClN3O2. The SMILES string of the molecule is CCCN(C(=O)c1cccc(C(=O)NC)c1)C1CCNCC1.Cl. The normalized spacial score (nSPS) is 14.7. The van der Waals surface area contributed by atoms with Gasteiger partial charge in [0, 0.05) is 30.8 Å². The molecule has 0 spiro atoms. The van der Waals surface area contributed by atoms with E-state index in [2.05, 4.69) is 17.6 Å². The molecule has 5 nitrogen and oxygen atoms in total. The largest absolute Gasteiger partial charge is 0.355 e.